The molecule has 0 heteroatoms. The quantitative estimate of drug-likeness (QED) is 0.317. The Morgan fingerprint density at radius 1 is 0.571 bits per heavy atom. The van der Waals surface area contributed by atoms with Gasteiger partial charge in [-0.15, -0.1) is 0 Å². The van der Waals surface area contributed by atoms with E-state index in [9.17, 15) is 0 Å². The molecule has 21 heavy (non-hydrogen) atoms. The van der Waals surface area contributed by atoms with Crippen molar-refractivity contribution in [3.05, 3.63) is 70.8 Å². The number of hydrogen-bond acceptors (Lipinski definition) is 0. The molecule has 5 rings (SSSR count). The van der Waals surface area contributed by atoms with Gasteiger partial charge in [0.2, 0.25) is 0 Å². The Balaban J connectivity index is 2.29. The van der Waals surface area contributed by atoms with Crippen LogP contribution in [0.15, 0.2) is 48.5 Å². The van der Waals surface area contributed by atoms with E-state index in [1.54, 1.807) is 0 Å². The molecule has 0 bridgehead atoms. The first-order valence-electron chi connectivity index (χ1n) is 7.61. The first-order valence-corrected chi connectivity index (χ1v) is 7.61. The Morgan fingerprint density at radius 2 is 1.24 bits per heavy atom. The first kappa shape index (κ1) is 11.3. The molecule has 1 aliphatic rings. The molecule has 0 amide bonds. The number of fused-ring (bicyclic) bond motifs is 3. The van der Waals surface area contributed by atoms with Crippen molar-refractivity contribution in [2.45, 2.75) is 20.3 Å². The molecule has 0 saturated carbocycles. The molecule has 4 aromatic carbocycles. The van der Waals surface area contributed by atoms with Crippen LogP contribution in [0.25, 0.3) is 32.3 Å². The molecule has 0 fully saturated rings. The lowest BCUT2D eigenvalue weighted by Gasteiger charge is -2.13. The smallest absolute Gasteiger partial charge is 0.00130 e. The van der Waals surface area contributed by atoms with Gasteiger partial charge in [-0.3, -0.25) is 0 Å². The minimum atomic E-state index is 1.08. The van der Waals surface area contributed by atoms with E-state index < -0.39 is 0 Å². The summed E-state index contributed by atoms with van der Waals surface area (Å²) in [6, 6.07) is 18.1. The zero-order chi connectivity index (χ0) is 14.1. The van der Waals surface area contributed by atoms with Crippen molar-refractivity contribution in [1.82, 2.24) is 0 Å². The van der Waals surface area contributed by atoms with Gasteiger partial charge in [-0.1, -0.05) is 48.5 Å². The normalized spacial score (nSPS) is 13.0. The lowest BCUT2D eigenvalue weighted by atomic mass is 9.90. The fourth-order valence-electron chi connectivity index (χ4n) is 4.22. The zero-order valence-electron chi connectivity index (χ0n) is 12.3. The Hall–Kier alpha value is -2.34. The third-order valence-corrected chi connectivity index (χ3v) is 5.09. The summed E-state index contributed by atoms with van der Waals surface area (Å²) in [5.74, 6) is 0. The van der Waals surface area contributed by atoms with Gasteiger partial charge in [0.1, 0.15) is 0 Å². The Bertz CT molecular complexity index is 1050. The van der Waals surface area contributed by atoms with Crippen LogP contribution >= 0.6 is 0 Å². The molecule has 0 spiro atoms. The van der Waals surface area contributed by atoms with Crippen molar-refractivity contribution in [2.24, 2.45) is 0 Å². The van der Waals surface area contributed by atoms with Gasteiger partial charge < -0.3 is 0 Å². The van der Waals surface area contributed by atoms with Crippen LogP contribution in [0.5, 0.6) is 0 Å². The van der Waals surface area contributed by atoms with Gasteiger partial charge in [-0.25, -0.2) is 0 Å². The summed E-state index contributed by atoms with van der Waals surface area (Å²) in [4.78, 5) is 0. The topological polar surface area (TPSA) is 0 Å². The third kappa shape index (κ3) is 1.26. The van der Waals surface area contributed by atoms with Gasteiger partial charge in [-0.2, -0.15) is 0 Å². The van der Waals surface area contributed by atoms with Crippen LogP contribution in [-0.2, 0) is 6.42 Å². The fraction of sp³-hybridized carbons (Fsp3) is 0.143. The van der Waals surface area contributed by atoms with Gasteiger partial charge in [0.25, 0.3) is 0 Å². The predicted octanol–water partition coefficient (Wildman–Crippen LogP) is 5.67. The van der Waals surface area contributed by atoms with E-state index in [0.29, 0.717) is 0 Å². The molecular weight excluding hydrogens is 252 g/mol. The highest BCUT2D eigenvalue weighted by atomic mass is 14.2. The van der Waals surface area contributed by atoms with E-state index >= 15 is 0 Å². The standard InChI is InChI=1S/C21H16/c1-12-5-3-7-16-18(12)17-8-4-6-14-11-15-10-9-13(2)19(16)21(15)20(14)17/h3-10H,11H2,1-2H3. The van der Waals surface area contributed by atoms with Crippen molar-refractivity contribution < 1.29 is 0 Å². The van der Waals surface area contributed by atoms with Crippen LogP contribution < -0.4 is 0 Å². The van der Waals surface area contributed by atoms with E-state index in [1.807, 2.05) is 0 Å². The minimum absolute atomic E-state index is 1.08. The molecule has 0 N–H and O–H groups in total. The van der Waals surface area contributed by atoms with Crippen molar-refractivity contribution in [3.63, 3.8) is 0 Å². The van der Waals surface area contributed by atoms with E-state index in [4.69, 9.17) is 0 Å². The number of benzene rings is 4. The highest BCUT2D eigenvalue weighted by molar-refractivity contribution is 6.29. The van der Waals surface area contributed by atoms with Crippen LogP contribution in [0.1, 0.15) is 22.3 Å². The molecule has 0 nitrogen and oxygen atoms in total. The molecule has 1 aliphatic carbocycles. The number of aryl methyl sites for hydroxylation is 2. The molecule has 100 valence electrons. The van der Waals surface area contributed by atoms with Gasteiger partial charge >= 0.3 is 0 Å². The molecule has 0 atom stereocenters. The second-order valence-electron chi connectivity index (χ2n) is 6.31. The van der Waals surface area contributed by atoms with Crippen molar-refractivity contribution in [3.8, 4) is 0 Å². The van der Waals surface area contributed by atoms with Crippen LogP contribution in [-0.4, -0.2) is 0 Å². The largest absolute Gasteiger partial charge is 0.0613 e. The number of hydrogen-bond donors (Lipinski definition) is 0. The van der Waals surface area contributed by atoms with Crippen LogP contribution in [0.4, 0.5) is 0 Å². The third-order valence-electron chi connectivity index (χ3n) is 5.09. The zero-order valence-corrected chi connectivity index (χ0v) is 12.3. The summed E-state index contributed by atoms with van der Waals surface area (Å²) in [5, 5.41) is 8.73. The Kier molecular flexibility index (Phi) is 1.97. The van der Waals surface area contributed by atoms with Crippen molar-refractivity contribution in [2.75, 3.05) is 0 Å². The Morgan fingerprint density at radius 3 is 2.10 bits per heavy atom. The summed E-state index contributed by atoms with van der Waals surface area (Å²) in [6.07, 6.45) is 1.08. The first-order chi connectivity index (χ1) is 10.3. The fourth-order valence-corrected chi connectivity index (χ4v) is 4.22. The highest BCUT2D eigenvalue weighted by Crippen LogP contribution is 2.44. The molecule has 0 heterocycles. The summed E-state index contributed by atoms with van der Waals surface area (Å²) in [6.45, 7) is 4.48. The minimum Gasteiger partial charge on any atom is -0.0613 e. The summed E-state index contributed by atoms with van der Waals surface area (Å²) < 4.78 is 0. The van der Waals surface area contributed by atoms with E-state index in [0.717, 1.165) is 6.42 Å². The average Bonchev–Trinajstić information content (AvgIpc) is 2.86. The van der Waals surface area contributed by atoms with Crippen molar-refractivity contribution >= 4 is 32.3 Å². The van der Waals surface area contributed by atoms with Crippen LogP contribution in [0.3, 0.4) is 0 Å². The maximum atomic E-state index is 2.32. The molecule has 0 aliphatic heterocycles. The summed E-state index contributed by atoms with van der Waals surface area (Å²) in [7, 11) is 0. The average molecular weight is 268 g/mol. The van der Waals surface area contributed by atoms with Gasteiger partial charge in [0.15, 0.2) is 0 Å². The maximum absolute atomic E-state index is 2.32. The monoisotopic (exact) mass is 268 g/mol. The Labute approximate surface area is 124 Å². The molecule has 4 aromatic rings. The second kappa shape index (κ2) is 3.65. The van der Waals surface area contributed by atoms with E-state index in [-0.39, 0.29) is 0 Å². The van der Waals surface area contributed by atoms with Gasteiger partial charge in [-0.05, 0) is 74.8 Å². The number of rotatable bonds is 0. The lowest BCUT2D eigenvalue weighted by molar-refractivity contribution is 1.27. The van der Waals surface area contributed by atoms with Crippen molar-refractivity contribution in [1.29, 1.82) is 0 Å². The van der Waals surface area contributed by atoms with Crippen LogP contribution in [0.2, 0.25) is 0 Å². The molecule has 0 saturated heterocycles. The molecular formula is C21H16. The van der Waals surface area contributed by atoms with E-state index in [1.165, 1.54) is 54.6 Å². The maximum Gasteiger partial charge on any atom is -0.00130 e. The second-order valence-corrected chi connectivity index (χ2v) is 6.31. The lowest BCUT2D eigenvalue weighted by Crippen LogP contribution is -1.87. The molecule has 0 unspecified atom stereocenters. The SMILES string of the molecule is Cc1cccc2c1c1cccc3c1c1c(ccc(C)c21)C3. The van der Waals surface area contributed by atoms with Crippen LogP contribution in [0, 0.1) is 13.8 Å². The molecule has 0 radical (unpaired) electrons. The predicted molar refractivity (Wildman–Crippen MR) is 91.2 cm³/mol. The highest BCUT2D eigenvalue weighted by Gasteiger charge is 2.21. The molecule has 0 aromatic heterocycles. The summed E-state index contributed by atoms with van der Waals surface area (Å²) in [5.41, 5.74) is 5.75. The van der Waals surface area contributed by atoms with Gasteiger partial charge in [0, 0.05) is 0 Å². The summed E-state index contributed by atoms with van der Waals surface area (Å²) >= 11 is 0. The van der Waals surface area contributed by atoms with E-state index in [2.05, 4.69) is 62.4 Å². The van der Waals surface area contributed by atoms with Gasteiger partial charge in [0.05, 0.1) is 0 Å².